The van der Waals surface area contributed by atoms with E-state index in [4.69, 9.17) is 0 Å². The molecule has 160 valence electrons. The van der Waals surface area contributed by atoms with E-state index in [-0.39, 0.29) is 11.9 Å². The molecule has 0 aliphatic heterocycles. The Kier molecular flexibility index (Phi) is 5.74. The van der Waals surface area contributed by atoms with Crippen molar-refractivity contribution in [2.24, 2.45) is 0 Å². The number of nitrogens with zero attached hydrogens (tertiary/aromatic N) is 2. The van der Waals surface area contributed by atoms with Gasteiger partial charge in [0, 0.05) is 34.8 Å². The number of fused-ring (bicyclic) bond motifs is 2. The Morgan fingerprint density at radius 1 is 1.19 bits per heavy atom. The SMILES string of the molecule is CCN(C(=O)c1nc2ccccc2[nH]1)C1CCCC(NCc2cc3ccccc3s2)C1. The fourth-order valence-electron chi connectivity index (χ4n) is 4.76. The third-order valence-electron chi connectivity index (χ3n) is 6.32. The summed E-state index contributed by atoms with van der Waals surface area (Å²) < 4.78 is 1.34. The number of para-hydroxylation sites is 2. The second kappa shape index (κ2) is 8.81. The van der Waals surface area contributed by atoms with Gasteiger partial charge in [-0.1, -0.05) is 30.3 Å². The minimum absolute atomic E-state index is 0.00820. The Hall–Kier alpha value is -2.70. The second-order valence-electron chi connectivity index (χ2n) is 8.34. The lowest BCUT2D eigenvalue weighted by Gasteiger charge is -2.37. The van der Waals surface area contributed by atoms with Gasteiger partial charge in [-0.25, -0.2) is 4.98 Å². The summed E-state index contributed by atoms with van der Waals surface area (Å²) in [6, 6.07) is 19.3. The standard InChI is InChI=1S/C25H28N4OS/c1-2-29(25(30)24-27-21-11-4-5-12-22(21)28-24)19-10-7-9-18(15-19)26-16-20-14-17-8-3-6-13-23(17)31-20/h3-6,8,11-14,18-19,26H,2,7,9-10,15-16H2,1H3,(H,27,28). The highest BCUT2D eigenvalue weighted by Crippen LogP contribution is 2.27. The number of rotatable bonds is 6. The zero-order valence-corrected chi connectivity index (χ0v) is 18.6. The number of imidazole rings is 1. The van der Waals surface area contributed by atoms with E-state index in [1.807, 2.05) is 40.5 Å². The number of thiophene rings is 1. The van der Waals surface area contributed by atoms with E-state index in [2.05, 4.69) is 52.5 Å². The molecule has 6 heteroatoms. The maximum atomic E-state index is 13.2. The van der Waals surface area contributed by atoms with Crippen LogP contribution in [-0.2, 0) is 6.54 Å². The predicted octanol–water partition coefficient (Wildman–Crippen LogP) is 5.34. The van der Waals surface area contributed by atoms with Crippen molar-refractivity contribution in [1.82, 2.24) is 20.2 Å². The van der Waals surface area contributed by atoms with Gasteiger partial charge in [0.05, 0.1) is 11.0 Å². The molecule has 1 amide bonds. The fourth-order valence-corrected chi connectivity index (χ4v) is 5.77. The Labute approximate surface area is 186 Å². The van der Waals surface area contributed by atoms with Crippen LogP contribution in [0.3, 0.4) is 0 Å². The van der Waals surface area contributed by atoms with Crippen LogP contribution in [0, 0.1) is 0 Å². The van der Waals surface area contributed by atoms with Crippen molar-refractivity contribution in [2.75, 3.05) is 6.54 Å². The van der Waals surface area contributed by atoms with Crippen molar-refractivity contribution in [3.05, 3.63) is 65.3 Å². The van der Waals surface area contributed by atoms with Crippen molar-refractivity contribution in [1.29, 1.82) is 0 Å². The summed E-state index contributed by atoms with van der Waals surface area (Å²) in [6.45, 7) is 3.65. The van der Waals surface area contributed by atoms with Crippen molar-refractivity contribution in [3.63, 3.8) is 0 Å². The van der Waals surface area contributed by atoms with Crippen LogP contribution in [0.15, 0.2) is 54.6 Å². The lowest BCUT2D eigenvalue weighted by atomic mass is 9.89. The quantitative estimate of drug-likeness (QED) is 0.432. The summed E-state index contributed by atoms with van der Waals surface area (Å²) in [5, 5.41) is 5.08. The summed E-state index contributed by atoms with van der Waals surface area (Å²) in [4.78, 5) is 24.4. The molecule has 0 radical (unpaired) electrons. The molecule has 2 N–H and O–H groups in total. The molecule has 1 aliphatic carbocycles. The molecule has 2 heterocycles. The van der Waals surface area contributed by atoms with Gasteiger partial charge in [-0.2, -0.15) is 0 Å². The number of hydrogen-bond acceptors (Lipinski definition) is 4. The van der Waals surface area contributed by atoms with Crippen molar-refractivity contribution in [3.8, 4) is 0 Å². The van der Waals surface area contributed by atoms with Gasteiger partial charge in [-0.3, -0.25) is 4.79 Å². The first kappa shape index (κ1) is 20.2. The Morgan fingerprint density at radius 2 is 2.03 bits per heavy atom. The number of amides is 1. The molecular weight excluding hydrogens is 404 g/mol. The number of H-pyrrole nitrogens is 1. The van der Waals surface area contributed by atoms with E-state index in [1.165, 1.54) is 15.0 Å². The molecule has 1 aliphatic rings. The molecule has 4 aromatic rings. The van der Waals surface area contributed by atoms with Gasteiger partial charge in [0.1, 0.15) is 0 Å². The Bertz CT molecular complexity index is 1130. The van der Waals surface area contributed by atoms with E-state index < -0.39 is 0 Å². The zero-order chi connectivity index (χ0) is 21.2. The van der Waals surface area contributed by atoms with Crippen molar-refractivity contribution < 1.29 is 4.79 Å². The van der Waals surface area contributed by atoms with Crippen molar-refractivity contribution in [2.45, 2.75) is 51.2 Å². The van der Waals surface area contributed by atoms with Crippen LogP contribution in [0.4, 0.5) is 0 Å². The summed E-state index contributed by atoms with van der Waals surface area (Å²) in [6.07, 6.45) is 4.35. The van der Waals surface area contributed by atoms with Gasteiger partial charge >= 0.3 is 0 Å². The Balaban J connectivity index is 1.25. The highest BCUT2D eigenvalue weighted by Gasteiger charge is 2.30. The van der Waals surface area contributed by atoms with Crippen LogP contribution in [0.2, 0.25) is 0 Å². The third kappa shape index (κ3) is 4.23. The molecule has 1 fully saturated rings. The molecule has 2 aromatic heterocycles. The molecule has 0 bridgehead atoms. The molecule has 2 unspecified atom stereocenters. The number of aromatic nitrogens is 2. The second-order valence-corrected chi connectivity index (χ2v) is 9.51. The monoisotopic (exact) mass is 432 g/mol. The third-order valence-corrected chi connectivity index (χ3v) is 7.44. The molecule has 1 saturated carbocycles. The van der Waals surface area contributed by atoms with Gasteiger partial charge in [0.2, 0.25) is 0 Å². The molecule has 2 atom stereocenters. The first-order valence-corrected chi connectivity index (χ1v) is 12.0. The maximum absolute atomic E-state index is 13.2. The topological polar surface area (TPSA) is 61.0 Å². The number of nitrogens with one attached hydrogen (secondary N) is 2. The number of aromatic amines is 1. The first-order chi connectivity index (χ1) is 15.2. The van der Waals surface area contributed by atoms with E-state index >= 15 is 0 Å². The summed E-state index contributed by atoms with van der Waals surface area (Å²) in [5.74, 6) is 0.456. The minimum Gasteiger partial charge on any atom is -0.334 e. The van der Waals surface area contributed by atoms with Gasteiger partial charge < -0.3 is 15.2 Å². The van der Waals surface area contributed by atoms with Gasteiger partial charge in [-0.15, -0.1) is 11.3 Å². The number of benzene rings is 2. The van der Waals surface area contributed by atoms with Gasteiger partial charge in [0.25, 0.3) is 5.91 Å². The lowest BCUT2D eigenvalue weighted by Crippen LogP contribution is -2.47. The van der Waals surface area contributed by atoms with Crippen LogP contribution < -0.4 is 5.32 Å². The van der Waals surface area contributed by atoms with Crippen LogP contribution >= 0.6 is 11.3 Å². The predicted molar refractivity (Wildman–Crippen MR) is 128 cm³/mol. The molecule has 0 spiro atoms. The first-order valence-electron chi connectivity index (χ1n) is 11.2. The Morgan fingerprint density at radius 3 is 2.87 bits per heavy atom. The molecule has 31 heavy (non-hydrogen) atoms. The van der Waals surface area contributed by atoms with E-state index in [0.717, 1.165) is 43.3 Å². The van der Waals surface area contributed by atoms with Gasteiger partial charge in [0.15, 0.2) is 5.82 Å². The molecule has 0 saturated heterocycles. The lowest BCUT2D eigenvalue weighted by molar-refractivity contribution is 0.0617. The summed E-state index contributed by atoms with van der Waals surface area (Å²) in [7, 11) is 0. The van der Waals surface area contributed by atoms with Crippen LogP contribution in [0.5, 0.6) is 0 Å². The largest absolute Gasteiger partial charge is 0.334 e. The van der Waals surface area contributed by atoms with Crippen LogP contribution in [0.25, 0.3) is 21.1 Å². The molecule has 5 nitrogen and oxygen atoms in total. The minimum atomic E-state index is 0.00820. The van der Waals surface area contributed by atoms with Gasteiger partial charge in [-0.05, 0) is 62.3 Å². The molecule has 2 aromatic carbocycles. The normalized spacial score (nSPS) is 19.1. The highest BCUT2D eigenvalue weighted by molar-refractivity contribution is 7.19. The van der Waals surface area contributed by atoms with Crippen LogP contribution in [0.1, 0.15) is 48.1 Å². The molecule has 5 rings (SSSR count). The zero-order valence-electron chi connectivity index (χ0n) is 17.8. The smallest absolute Gasteiger partial charge is 0.289 e. The highest BCUT2D eigenvalue weighted by atomic mass is 32.1. The maximum Gasteiger partial charge on any atom is 0.289 e. The van der Waals surface area contributed by atoms with E-state index in [9.17, 15) is 4.79 Å². The number of carbonyl (C=O) groups is 1. The summed E-state index contributed by atoms with van der Waals surface area (Å²) >= 11 is 1.86. The van der Waals surface area contributed by atoms with E-state index in [0.29, 0.717) is 18.4 Å². The number of carbonyl (C=O) groups excluding carboxylic acids is 1. The van der Waals surface area contributed by atoms with Crippen molar-refractivity contribution >= 4 is 38.4 Å². The summed E-state index contributed by atoms with van der Waals surface area (Å²) in [5.41, 5.74) is 1.75. The van der Waals surface area contributed by atoms with Crippen LogP contribution in [-0.4, -0.2) is 39.4 Å². The average Bonchev–Trinajstić information content (AvgIpc) is 3.42. The fraction of sp³-hybridized carbons (Fsp3) is 0.360. The molecular formula is C25H28N4OS. The van der Waals surface area contributed by atoms with E-state index in [1.54, 1.807) is 0 Å². The number of hydrogen-bond donors (Lipinski definition) is 2. The average molecular weight is 433 g/mol.